The molecule has 0 aromatic carbocycles. The zero-order valence-corrected chi connectivity index (χ0v) is 18.9. The van der Waals surface area contributed by atoms with Crippen molar-refractivity contribution in [2.45, 2.75) is 38.4 Å². The molecule has 0 saturated heterocycles. The highest BCUT2D eigenvalue weighted by atomic mass is 32.2. The third-order valence-corrected chi connectivity index (χ3v) is 7.60. The van der Waals surface area contributed by atoms with Crippen molar-refractivity contribution in [3.63, 3.8) is 0 Å². The Labute approximate surface area is 183 Å². The van der Waals surface area contributed by atoms with Crippen LogP contribution >= 0.6 is 34.4 Å². The van der Waals surface area contributed by atoms with Crippen LogP contribution in [0, 0.1) is 13.8 Å². The van der Waals surface area contributed by atoms with Gasteiger partial charge in [-0.3, -0.25) is 18.8 Å². The molecule has 156 valence electrons. The summed E-state index contributed by atoms with van der Waals surface area (Å²) in [7, 11) is 0. The molecule has 0 amide bonds. The quantitative estimate of drug-likeness (QED) is 0.439. The Balaban J connectivity index is 1.38. The van der Waals surface area contributed by atoms with Crippen molar-refractivity contribution in [1.29, 1.82) is 0 Å². The lowest BCUT2D eigenvalue weighted by Gasteiger charge is -2.11. The lowest BCUT2D eigenvalue weighted by molar-refractivity contribution is -0.144. The van der Waals surface area contributed by atoms with Crippen molar-refractivity contribution in [2.24, 2.45) is 0 Å². The average molecular weight is 463 g/mol. The highest BCUT2D eigenvalue weighted by Gasteiger charge is 2.18. The molecule has 1 N–H and O–H groups in total. The minimum Gasteiger partial charge on any atom is -0.458 e. The first kappa shape index (κ1) is 20.8. The Morgan fingerprint density at radius 3 is 2.93 bits per heavy atom. The van der Waals surface area contributed by atoms with Crippen LogP contribution in [0.1, 0.15) is 28.9 Å². The number of hydrogen-bond donors (Lipinski definition) is 1. The van der Waals surface area contributed by atoms with Gasteiger partial charge in [-0.1, -0.05) is 0 Å². The van der Waals surface area contributed by atoms with Crippen LogP contribution < -0.4 is 11.1 Å². The van der Waals surface area contributed by atoms with E-state index >= 15 is 0 Å². The number of aryl methyl sites for hydroxylation is 2. The van der Waals surface area contributed by atoms with Crippen LogP contribution in [0.3, 0.4) is 0 Å². The van der Waals surface area contributed by atoms with E-state index in [1.54, 1.807) is 18.5 Å². The van der Waals surface area contributed by atoms with Crippen molar-refractivity contribution in [3.8, 4) is 0 Å². The number of aromatic nitrogens is 4. The molecule has 4 aromatic rings. The zero-order chi connectivity index (χ0) is 21.4. The van der Waals surface area contributed by atoms with Gasteiger partial charge in [0.1, 0.15) is 22.5 Å². The highest BCUT2D eigenvalue weighted by molar-refractivity contribution is 7.99. The minimum atomic E-state index is -0.468. The first-order valence-corrected chi connectivity index (χ1v) is 11.8. The molecule has 1 atom stereocenters. The molecule has 0 spiro atoms. The zero-order valence-electron chi connectivity index (χ0n) is 16.4. The van der Waals surface area contributed by atoms with Gasteiger partial charge in [-0.25, -0.2) is 9.97 Å². The van der Waals surface area contributed by atoms with E-state index in [9.17, 15) is 14.4 Å². The molecule has 0 radical (unpaired) electrons. The summed E-state index contributed by atoms with van der Waals surface area (Å²) < 4.78 is 6.76. The Hall–Kier alpha value is -2.50. The van der Waals surface area contributed by atoms with Gasteiger partial charge in [0.25, 0.3) is 11.1 Å². The van der Waals surface area contributed by atoms with E-state index in [1.165, 1.54) is 44.9 Å². The van der Waals surface area contributed by atoms with E-state index in [4.69, 9.17) is 4.74 Å². The van der Waals surface area contributed by atoms with Gasteiger partial charge in [-0.05, 0) is 26.3 Å². The molecule has 4 rings (SSSR count). The molecule has 11 heteroatoms. The molecule has 30 heavy (non-hydrogen) atoms. The minimum absolute atomic E-state index is 0.0673. The van der Waals surface area contributed by atoms with Crippen LogP contribution in [0.2, 0.25) is 0 Å². The molecule has 0 fully saturated rings. The Morgan fingerprint density at radius 1 is 1.33 bits per heavy atom. The second-order valence-electron chi connectivity index (χ2n) is 6.68. The van der Waals surface area contributed by atoms with E-state index < -0.39 is 11.2 Å². The molecule has 0 bridgehead atoms. The van der Waals surface area contributed by atoms with Crippen molar-refractivity contribution in [1.82, 2.24) is 19.4 Å². The van der Waals surface area contributed by atoms with Gasteiger partial charge in [0, 0.05) is 22.5 Å². The van der Waals surface area contributed by atoms with Crippen LogP contribution in [0.15, 0.2) is 27.2 Å². The number of carbonyl (C=O) groups is 1. The predicted octanol–water partition coefficient (Wildman–Crippen LogP) is 3.04. The van der Waals surface area contributed by atoms with Gasteiger partial charge < -0.3 is 9.72 Å². The van der Waals surface area contributed by atoms with Crippen LogP contribution in [-0.2, 0) is 21.9 Å². The summed E-state index contributed by atoms with van der Waals surface area (Å²) in [5.74, 6) is 0.480. The molecular formula is C19H18N4O4S3. The largest absolute Gasteiger partial charge is 0.458 e. The summed E-state index contributed by atoms with van der Waals surface area (Å²) in [6, 6.07) is 1.36. The topological polar surface area (TPSA) is 106 Å². The number of nitrogens with one attached hydrogen (secondary N) is 1. The molecule has 0 saturated carbocycles. The first-order valence-electron chi connectivity index (χ1n) is 9.06. The van der Waals surface area contributed by atoms with Crippen LogP contribution in [0.4, 0.5) is 0 Å². The SMILES string of the molecule is Cc1sc2nc(CS[C@@H](C)C(=O)OCc3cc(=O)n4ccsc4n3)[nH]c(=O)c2c1C. The van der Waals surface area contributed by atoms with Crippen molar-refractivity contribution >= 4 is 55.6 Å². The lowest BCUT2D eigenvalue weighted by atomic mass is 10.2. The smallest absolute Gasteiger partial charge is 0.319 e. The van der Waals surface area contributed by atoms with E-state index in [1.807, 2.05) is 13.8 Å². The molecule has 0 unspecified atom stereocenters. The number of rotatable bonds is 6. The number of fused-ring (bicyclic) bond motifs is 2. The maximum absolute atomic E-state index is 12.3. The Kier molecular flexibility index (Phi) is 5.76. The van der Waals surface area contributed by atoms with Gasteiger partial charge >= 0.3 is 5.97 Å². The van der Waals surface area contributed by atoms with Gasteiger partial charge in [-0.2, -0.15) is 0 Å². The monoisotopic (exact) mass is 462 g/mol. The number of aromatic amines is 1. The molecule has 0 aliphatic carbocycles. The number of thiophene rings is 1. The van der Waals surface area contributed by atoms with Crippen molar-refractivity contribution in [2.75, 3.05) is 0 Å². The number of nitrogens with zero attached hydrogens (tertiary/aromatic N) is 3. The third kappa shape index (κ3) is 4.05. The van der Waals surface area contributed by atoms with Gasteiger partial charge in [-0.15, -0.1) is 34.4 Å². The summed E-state index contributed by atoms with van der Waals surface area (Å²) in [4.78, 5) is 50.6. The number of H-pyrrole nitrogens is 1. The van der Waals surface area contributed by atoms with Crippen LogP contribution in [-0.4, -0.2) is 30.6 Å². The summed E-state index contributed by atoms with van der Waals surface area (Å²) in [6.07, 6.45) is 1.65. The third-order valence-electron chi connectivity index (χ3n) is 4.61. The number of thioether (sulfide) groups is 1. The number of carbonyl (C=O) groups excluding carboxylic acids is 1. The Morgan fingerprint density at radius 2 is 2.13 bits per heavy atom. The van der Waals surface area contributed by atoms with E-state index in [2.05, 4.69) is 15.0 Å². The van der Waals surface area contributed by atoms with Crippen LogP contribution in [0.25, 0.3) is 15.2 Å². The lowest BCUT2D eigenvalue weighted by Crippen LogP contribution is -2.19. The van der Waals surface area contributed by atoms with Gasteiger partial charge in [0.05, 0.1) is 16.8 Å². The molecule has 8 nitrogen and oxygen atoms in total. The maximum Gasteiger partial charge on any atom is 0.319 e. The van der Waals surface area contributed by atoms with E-state index in [0.717, 1.165) is 10.4 Å². The summed E-state index contributed by atoms with van der Waals surface area (Å²) in [6.45, 7) is 5.54. The average Bonchev–Trinajstić information content (AvgIpc) is 3.29. The van der Waals surface area contributed by atoms with Crippen molar-refractivity contribution in [3.05, 3.63) is 60.3 Å². The van der Waals surface area contributed by atoms with Crippen LogP contribution in [0.5, 0.6) is 0 Å². The normalized spacial score (nSPS) is 12.5. The van der Waals surface area contributed by atoms with Gasteiger partial charge in [0.15, 0.2) is 4.96 Å². The second-order valence-corrected chi connectivity index (χ2v) is 10.1. The number of esters is 1. The van der Waals surface area contributed by atoms with E-state index in [-0.39, 0.29) is 17.7 Å². The number of ether oxygens (including phenoxy) is 1. The second kappa shape index (κ2) is 8.32. The fourth-order valence-electron chi connectivity index (χ4n) is 2.86. The first-order chi connectivity index (χ1) is 14.3. The predicted molar refractivity (Wildman–Crippen MR) is 120 cm³/mol. The molecule has 4 heterocycles. The highest BCUT2D eigenvalue weighted by Crippen LogP contribution is 2.26. The molecule has 0 aliphatic rings. The number of hydrogen-bond acceptors (Lipinski definition) is 9. The molecule has 0 aliphatic heterocycles. The van der Waals surface area contributed by atoms with Gasteiger partial charge in [0.2, 0.25) is 0 Å². The fourth-order valence-corrected chi connectivity index (χ4v) is 5.40. The summed E-state index contributed by atoms with van der Waals surface area (Å²) >= 11 is 4.15. The standard InChI is InChI=1S/C19H18N4O4S3/c1-9-10(2)30-17-15(9)16(25)21-13(22-17)8-29-11(3)18(26)27-7-12-6-14(24)23-4-5-28-19(23)20-12/h4-6,11H,7-8H2,1-3H3,(H,21,22,25)/t11-/m0/s1. The van der Waals surface area contributed by atoms with E-state index in [0.29, 0.717) is 32.4 Å². The molecule has 4 aromatic heterocycles. The molecular weight excluding hydrogens is 444 g/mol. The summed E-state index contributed by atoms with van der Waals surface area (Å²) in [5, 5.41) is 1.93. The summed E-state index contributed by atoms with van der Waals surface area (Å²) in [5.41, 5.74) is 0.995. The maximum atomic E-state index is 12.3. The fraction of sp³-hybridized carbons (Fsp3) is 0.316. The van der Waals surface area contributed by atoms with Crippen molar-refractivity contribution < 1.29 is 9.53 Å². The number of thiazole rings is 1. The Bertz CT molecular complexity index is 1370.